The van der Waals surface area contributed by atoms with Crippen LogP contribution in [-0.2, 0) is 17.9 Å². The number of benzene rings is 1. The maximum absolute atomic E-state index is 12.1. The SMILES string of the molecule is NCCC(=O)N(Cc1ccccc1)Cc1cccs1. The molecule has 2 aromatic rings. The maximum Gasteiger partial charge on any atom is 0.224 e. The Balaban J connectivity index is 2.07. The topological polar surface area (TPSA) is 46.3 Å². The van der Waals surface area contributed by atoms with Crippen LogP contribution in [0.1, 0.15) is 16.9 Å². The number of hydrogen-bond acceptors (Lipinski definition) is 3. The van der Waals surface area contributed by atoms with E-state index in [4.69, 9.17) is 5.73 Å². The summed E-state index contributed by atoms with van der Waals surface area (Å²) in [6.45, 7) is 1.69. The van der Waals surface area contributed by atoms with Gasteiger partial charge in [-0.25, -0.2) is 0 Å². The second kappa shape index (κ2) is 7.07. The Morgan fingerprint density at radius 1 is 1.11 bits per heavy atom. The maximum atomic E-state index is 12.1. The molecule has 0 saturated heterocycles. The average molecular weight is 274 g/mol. The van der Waals surface area contributed by atoms with Crippen LogP contribution in [0.5, 0.6) is 0 Å². The third-order valence-corrected chi connectivity index (χ3v) is 3.72. The van der Waals surface area contributed by atoms with Crippen molar-refractivity contribution in [1.82, 2.24) is 4.90 Å². The molecule has 1 aromatic heterocycles. The van der Waals surface area contributed by atoms with Crippen LogP contribution in [0.4, 0.5) is 0 Å². The molecular formula is C15H18N2OS. The van der Waals surface area contributed by atoms with Crippen molar-refractivity contribution in [1.29, 1.82) is 0 Å². The van der Waals surface area contributed by atoms with Gasteiger partial charge in [0.15, 0.2) is 0 Å². The highest BCUT2D eigenvalue weighted by Crippen LogP contribution is 2.15. The Morgan fingerprint density at radius 3 is 2.53 bits per heavy atom. The Labute approximate surface area is 117 Å². The van der Waals surface area contributed by atoms with E-state index < -0.39 is 0 Å². The smallest absolute Gasteiger partial charge is 0.224 e. The van der Waals surface area contributed by atoms with Gasteiger partial charge >= 0.3 is 0 Å². The molecule has 19 heavy (non-hydrogen) atoms. The largest absolute Gasteiger partial charge is 0.333 e. The van der Waals surface area contributed by atoms with Gasteiger partial charge in [0.05, 0.1) is 6.54 Å². The van der Waals surface area contributed by atoms with Crippen molar-refractivity contribution in [3.63, 3.8) is 0 Å². The minimum Gasteiger partial charge on any atom is -0.333 e. The van der Waals surface area contributed by atoms with Gasteiger partial charge in [-0.15, -0.1) is 11.3 Å². The van der Waals surface area contributed by atoms with Gasteiger partial charge in [-0.05, 0) is 17.0 Å². The van der Waals surface area contributed by atoms with E-state index in [9.17, 15) is 4.79 Å². The first-order valence-electron chi connectivity index (χ1n) is 6.33. The normalized spacial score (nSPS) is 10.4. The molecule has 1 amide bonds. The third-order valence-electron chi connectivity index (χ3n) is 2.85. The van der Waals surface area contributed by atoms with Crippen LogP contribution in [0.3, 0.4) is 0 Å². The van der Waals surface area contributed by atoms with Crippen LogP contribution in [-0.4, -0.2) is 17.4 Å². The zero-order chi connectivity index (χ0) is 13.5. The van der Waals surface area contributed by atoms with Crippen molar-refractivity contribution in [2.75, 3.05) is 6.54 Å². The van der Waals surface area contributed by atoms with E-state index in [1.54, 1.807) is 11.3 Å². The van der Waals surface area contributed by atoms with Gasteiger partial charge in [-0.1, -0.05) is 36.4 Å². The van der Waals surface area contributed by atoms with Crippen LogP contribution in [0.25, 0.3) is 0 Å². The zero-order valence-electron chi connectivity index (χ0n) is 10.8. The third kappa shape index (κ3) is 4.19. The molecule has 0 aliphatic heterocycles. The molecule has 0 fully saturated rings. The van der Waals surface area contributed by atoms with E-state index in [2.05, 4.69) is 6.07 Å². The van der Waals surface area contributed by atoms with Crippen molar-refractivity contribution in [3.05, 3.63) is 58.3 Å². The summed E-state index contributed by atoms with van der Waals surface area (Å²) in [4.78, 5) is 15.2. The van der Waals surface area contributed by atoms with Crippen LogP contribution in [0, 0.1) is 0 Å². The fourth-order valence-electron chi connectivity index (χ4n) is 1.91. The highest BCUT2D eigenvalue weighted by atomic mass is 32.1. The van der Waals surface area contributed by atoms with Crippen LogP contribution >= 0.6 is 11.3 Å². The van der Waals surface area contributed by atoms with E-state index in [1.807, 2.05) is 46.7 Å². The first-order chi connectivity index (χ1) is 9.29. The van der Waals surface area contributed by atoms with Crippen molar-refractivity contribution in [2.45, 2.75) is 19.5 Å². The van der Waals surface area contributed by atoms with E-state index in [0.29, 0.717) is 26.1 Å². The first kappa shape index (κ1) is 13.8. The van der Waals surface area contributed by atoms with E-state index in [-0.39, 0.29) is 5.91 Å². The molecular weight excluding hydrogens is 256 g/mol. The molecule has 1 aromatic carbocycles. The Kier molecular flexibility index (Phi) is 5.12. The quantitative estimate of drug-likeness (QED) is 0.880. The lowest BCUT2D eigenvalue weighted by Gasteiger charge is -2.22. The monoisotopic (exact) mass is 274 g/mol. The number of amides is 1. The summed E-state index contributed by atoms with van der Waals surface area (Å²) in [6, 6.07) is 14.1. The van der Waals surface area contributed by atoms with E-state index in [0.717, 1.165) is 5.56 Å². The fourth-order valence-corrected chi connectivity index (χ4v) is 2.63. The number of carbonyl (C=O) groups excluding carboxylic acids is 1. The number of thiophene rings is 1. The highest BCUT2D eigenvalue weighted by molar-refractivity contribution is 7.09. The van der Waals surface area contributed by atoms with Gasteiger partial charge in [0.2, 0.25) is 5.91 Å². The average Bonchev–Trinajstić information content (AvgIpc) is 2.92. The first-order valence-corrected chi connectivity index (χ1v) is 7.21. The lowest BCUT2D eigenvalue weighted by Crippen LogP contribution is -2.31. The number of hydrogen-bond donors (Lipinski definition) is 1. The molecule has 0 atom stereocenters. The van der Waals surface area contributed by atoms with Gasteiger partial charge in [0.25, 0.3) is 0 Å². The van der Waals surface area contributed by atoms with Crippen molar-refractivity contribution in [2.24, 2.45) is 5.73 Å². The standard InChI is InChI=1S/C15H18N2OS/c16-9-8-15(18)17(12-14-7-4-10-19-14)11-13-5-2-1-3-6-13/h1-7,10H,8-9,11-12,16H2. The highest BCUT2D eigenvalue weighted by Gasteiger charge is 2.14. The van der Waals surface area contributed by atoms with E-state index >= 15 is 0 Å². The molecule has 2 N–H and O–H groups in total. The summed E-state index contributed by atoms with van der Waals surface area (Å²) >= 11 is 1.67. The Bertz CT molecular complexity index is 496. The lowest BCUT2D eigenvalue weighted by atomic mass is 10.2. The summed E-state index contributed by atoms with van der Waals surface area (Å²) in [7, 11) is 0. The summed E-state index contributed by atoms with van der Waals surface area (Å²) < 4.78 is 0. The number of nitrogens with zero attached hydrogens (tertiary/aromatic N) is 1. The molecule has 0 aliphatic carbocycles. The molecule has 0 spiro atoms. The number of nitrogens with two attached hydrogens (primary N) is 1. The molecule has 4 heteroatoms. The summed E-state index contributed by atoms with van der Waals surface area (Å²) in [5, 5.41) is 2.03. The van der Waals surface area contributed by atoms with E-state index in [1.165, 1.54) is 4.88 Å². The lowest BCUT2D eigenvalue weighted by molar-refractivity contribution is -0.132. The van der Waals surface area contributed by atoms with Gasteiger partial charge in [-0.2, -0.15) is 0 Å². The van der Waals surface area contributed by atoms with Crippen molar-refractivity contribution >= 4 is 17.2 Å². The zero-order valence-corrected chi connectivity index (χ0v) is 11.6. The van der Waals surface area contributed by atoms with Crippen LogP contribution in [0.15, 0.2) is 47.8 Å². The molecule has 100 valence electrons. The van der Waals surface area contributed by atoms with Gasteiger partial charge in [0, 0.05) is 24.4 Å². The predicted octanol–water partition coefficient (Wildman–Crippen LogP) is 2.63. The molecule has 0 saturated carbocycles. The summed E-state index contributed by atoms with van der Waals surface area (Å²) in [5.74, 6) is 0.111. The molecule has 3 nitrogen and oxygen atoms in total. The summed E-state index contributed by atoms with van der Waals surface area (Å²) in [6.07, 6.45) is 0.401. The molecule has 0 unspecified atom stereocenters. The molecule has 2 rings (SSSR count). The van der Waals surface area contributed by atoms with Crippen LogP contribution in [0.2, 0.25) is 0 Å². The molecule has 0 bridgehead atoms. The van der Waals surface area contributed by atoms with Gasteiger partial charge < -0.3 is 10.6 Å². The Hall–Kier alpha value is -1.65. The molecule has 0 aliphatic rings. The van der Waals surface area contributed by atoms with Crippen molar-refractivity contribution in [3.8, 4) is 0 Å². The minimum absolute atomic E-state index is 0.111. The van der Waals surface area contributed by atoms with Crippen molar-refractivity contribution < 1.29 is 4.79 Å². The minimum atomic E-state index is 0.111. The van der Waals surface area contributed by atoms with Crippen LogP contribution < -0.4 is 5.73 Å². The van der Waals surface area contributed by atoms with Gasteiger partial charge in [-0.3, -0.25) is 4.79 Å². The fraction of sp³-hybridized carbons (Fsp3) is 0.267. The van der Waals surface area contributed by atoms with Gasteiger partial charge in [0.1, 0.15) is 0 Å². The number of carbonyl (C=O) groups is 1. The second-order valence-corrected chi connectivity index (χ2v) is 5.39. The number of rotatable bonds is 6. The second-order valence-electron chi connectivity index (χ2n) is 4.35. The molecule has 1 heterocycles. The Morgan fingerprint density at radius 2 is 1.89 bits per heavy atom. The summed E-state index contributed by atoms with van der Waals surface area (Å²) in [5.41, 5.74) is 6.63. The predicted molar refractivity (Wildman–Crippen MR) is 78.7 cm³/mol. The molecule has 0 radical (unpaired) electrons.